The van der Waals surface area contributed by atoms with Gasteiger partial charge >= 0.3 is 0 Å². The van der Waals surface area contributed by atoms with Crippen LogP contribution in [0.4, 0.5) is 51.2 Å². The molecule has 0 saturated carbocycles. The third kappa shape index (κ3) is 16.8. The van der Waals surface area contributed by atoms with E-state index in [0.29, 0.717) is 0 Å². The fourth-order valence-corrected chi connectivity index (χ4v) is 17.9. The predicted molar refractivity (Wildman–Crippen MR) is 542 cm³/mol. The summed E-state index contributed by atoms with van der Waals surface area (Å²) in [5, 5.41) is 9.98. The van der Waals surface area contributed by atoms with E-state index in [-0.39, 0.29) is 0 Å². The van der Waals surface area contributed by atoms with Crippen molar-refractivity contribution in [2.45, 2.75) is 0 Å². The van der Waals surface area contributed by atoms with Gasteiger partial charge < -0.3 is 14.7 Å². The van der Waals surface area contributed by atoms with E-state index in [4.69, 9.17) is 0 Å². The van der Waals surface area contributed by atoms with Gasteiger partial charge in [-0.05, 0) is 229 Å². The molecule has 0 radical (unpaired) electrons. The maximum atomic E-state index is 2.41. The molecule has 0 unspecified atom stereocenters. The third-order valence-electron chi connectivity index (χ3n) is 24.0. The molecule has 0 heterocycles. The molecule has 127 heavy (non-hydrogen) atoms. The molecule has 0 bridgehead atoms. The minimum atomic E-state index is 1.11. The lowest BCUT2D eigenvalue weighted by Crippen LogP contribution is -2.11. The van der Waals surface area contributed by atoms with Crippen LogP contribution < -0.4 is 14.7 Å². The molecule has 0 aliphatic rings. The lowest BCUT2D eigenvalue weighted by molar-refractivity contribution is 1.28. The molecule has 600 valence electrons. The largest absolute Gasteiger partial charge is 0.311 e. The van der Waals surface area contributed by atoms with Gasteiger partial charge in [0.2, 0.25) is 0 Å². The third-order valence-corrected chi connectivity index (χ3v) is 24.0. The molecule has 0 aliphatic heterocycles. The van der Waals surface area contributed by atoms with Crippen molar-refractivity contribution in [3.05, 3.63) is 540 Å². The van der Waals surface area contributed by atoms with Gasteiger partial charge in [0, 0.05) is 50.8 Å². The summed E-state index contributed by atoms with van der Waals surface area (Å²) in [6.07, 6.45) is 0. The van der Waals surface area contributed by atoms with Crippen LogP contribution in [0.1, 0.15) is 0 Å². The van der Waals surface area contributed by atoms with Crippen LogP contribution in [-0.2, 0) is 0 Å². The summed E-state index contributed by atoms with van der Waals surface area (Å²) >= 11 is 0. The fourth-order valence-electron chi connectivity index (χ4n) is 17.9. The summed E-state index contributed by atoms with van der Waals surface area (Å²) < 4.78 is 0. The first-order chi connectivity index (χ1) is 63.0. The Hall–Kier alpha value is -16.7. The molecule has 22 aromatic rings. The van der Waals surface area contributed by atoms with E-state index in [2.05, 4.69) is 555 Å². The average molecular weight is 1620 g/mol. The highest BCUT2D eigenvalue weighted by Gasteiger charge is 2.23. The normalized spacial score (nSPS) is 11.0. The van der Waals surface area contributed by atoms with Crippen LogP contribution >= 0.6 is 0 Å². The smallest absolute Gasteiger partial charge is 0.0540 e. The second-order valence-corrected chi connectivity index (χ2v) is 31.8. The van der Waals surface area contributed by atoms with Crippen LogP contribution in [0.5, 0.6) is 0 Å². The van der Waals surface area contributed by atoms with E-state index in [0.717, 1.165) is 51.2 Å². The number of anilines is 9. The molecule has 0 saturated heterocycles. The fraction of sp³-hybridized carbons (Fsp3) is 0. The zero-order valence-electron chi connectivity index (χ0n) is 70.2. The Labute approximate surface area is 743 Å². The maximum Gasteiger partial charge on any atom is 0.0540 e. The van der Waals surface area contributed by atoms with Crippen molar-refractivity contribution in [3.8, 4) is 100 Å². The molecule has 22 aromatic carbocycles. The molecule has 0 aromatic heterocycles. The standard InChI is InChI=1S/C46H33N.C44H31N.C34H25N/c1-4-12-34(13-5-1)36-20-27-41(28-21-36)47(42-29-22-37(23-30-42)35-14-6-2-7-15-35)43-31-24-39(25-32-43)45-33-26-38-16-10-11-19-44(38)46(45)40-17-8-3-9-18-40;1-3-14-32(15-4-1)38-22-11-12-24-42(38)45(43-25-13-20-33-16-7-9-21-39(33)43)37-29-26-35(27-30-37)41-31-28-34-17-8-10-23-40(34)44(41)36-18-5-2-6-19-36;1-4-13-28(14-5-1)34-32-19-11-10-12-26(32)22-25-33(34)27-20-23-31(24-21-27)35(29-15-6-2-7-16-29)30-17-8-3-9-18-30/h1-33H;1-31H;1-25H. The Morgan fingerprint density at radius 3 is 0.654 bits per heavy atom. The van der Waals surface area contributed by atoms with Gasteiger partial charge in [0.1, 0.15) is 0 Å². The maximum absolute atomic E-state index is 2.41. The van der Waals surface area contributed by atoms with Gasteiger partial charge in [0.05, 0.1) is 11.4 Å². The Bertz CT molecular complexity index is 7340. The van der Waals surface area contributed by atoms with Gasteiger partial charge in [0.25, 0.3) is 0 Å². The number of para-hydroxylation sites is 3. The summed E-state index contributed by atoms with van der Waals surface area (Å²) in [5.41, 5.74) is 32.2. The number of hydrogen-bond donors (Lipinski definition) is 0. The van der Waals surface area contributed by atoms with Crippen LogP contribution in [0.15, 0.2) is 540 Å². The monoisotopic (exact) mass is 1620 g/mol. The van der Waals surface area contributed by atoms with Crippen LogP contribution in [0, 0.1) is 0 Å². The van der Waals surface area contributed by atoms with Crippen molar-refractivity contribution >= 4 is 94.3 Å². The minimum absolute atomic E-state index is 1.11. The van der Waals surface area contributed by atoms with Crippen molar-refractivity contribution < 1.29 is 0 Å². The number of benzene rings is 22. The first kappa shape index (κ1) is 78.8. The second kappa shape index (κ2) is 36.9. The van der Waals surface area contributed by atoms with Crippen molar-refractivity contribution in [2.75, 3.05) is 14.7 Å². The molecular formula is C124H89N3. The molecule has 0 aliphatic carbocycles. The summed E-state index contributed by atoms with van der Waals surface area (Å²) in [6, 6.07) is 193. The van der Waals surface area contributed by atoms with Gasteiger partial charge in [-0.25, -0.2) is 0 Å². The Morgan fingerprint density at radius 2 is 0.315 bits per heavy atom. The Kier molecular flexibility index (Phi) is 22.9. The zero-order valence-corrected chi connectivity index (χ0v) is 70.2. The van der Waals surface area contributed by atoms with E-state index in [1.54, 1.807) is 0 Å². The summed E-state index contributed by atoms with van der Waals surface area (Å²) in [7, 11) is 0. The van der Waals surface area contributed by atoms with E-state index < -0.39 is 0 Å². The van der Waals surface area contributed by atoms with Gasteiger partial charge in [-0.3, -0.25) is 0 Å². The van der Waals surface area contributed by atoms with E-state index >= 15 is 0 Å². The summed E-state index contributed by atoms with van der Waals surface area (Å²) in [6.45, 7) is 0. The first-order valence-corrected chi connectivity index (χ1v) is 43.5. The van der Waals surface area contributed by atoms with Crippen LogP contribution in [0.25, 0.3) is 143 Å². The second-order valence-electron chi connectivity index (χ2n) is 31.8. The van der Waals surface area contributed by atoms with Crippen LogP contribution in [-0.4, -0.2) is 0 Å². The highest BCUT2D eigenvalue weighted by atomic mass is 15.2. The van der Waals surface area contributed by atoms with Gasteiger partial charge in [-0.1, -0.05) is 443 Å². The number of hydrogen-bond acceptors (Lipinski definition) is 3. The molecule has 22 rings (SSSR count). The molecule has 0 fully saturated rings. The van der Waals surface area contributed by atoms with E-state index in [1.165, 1.54) is 143 Å². The summed E-state index contributed by atoms with van der Waals surface area (Å²) in [4.78, 5) is 7.04. The number of rotatable bonds is 18. The molecule has 3 nitrogen and oxygen atoms in total. The quantitative estimate of drug-likeness (QED) is 0.0848. The van der Waals surface area contributed by atoms with E-state index in [9.17, 15) is 0 Å². The molecule has 0 atom stereocenters. The van der Waals surface area contributed by atoms with E-state index in [1.807, 2.05) is 0 Å². The first-order valence-electron chi connectivity index (χ1n) is 43.5. The minimum Gasteiger partial charge on any atom is -0.311 e. The number of nitrogens with zero attached hydrogens (tertiary/aromatic N) is 3. The summed E-state index contributed by atoms with van der Waals surface area (Å²) in [5.74, 6) is 0. The lowest BCUT2D eigenvalue weighted by Gasteiger charge is -2.29. The SMILES string of the molecule is c1ccc(-c2c(-c3ccc(N(c4ccccc4)c4ccccc4)cc3)ccc3ccccc23)cc1.c1ccc(-c2ccc(N(c3ccc(-c4ccccc4)cc3)c3ccc(-c4ccc5ccccc5c4-c4ccccc4)cc3)cc2)cc1.c1ccc(-c2ccccc2N(c2ccc(-c3ccc4ccccc4c3-c3ccccc3)cc2)c2cccc3ccccc23)cc1. The molecule has 3 heteroatoms. The Morgan fingerprint density at radius 1 is 0.102 bits per heavy atom. The predicted octanol–water partition coefficient (Wildman–Crippen LogP) is 35.1. The lowest BCUT2D eigenvalue weighted by atomic mass is 9.89. The molecular weight excluding hydrogens is 1530 g/mol. The van der Waals surface area contributed by atoms with Gasteiger partial charge in [-0.2, -0.15) is 0 Å². The molecule has 0 spiro atoms. The van der Waals surface area contributed by atoms with Crippen molar-refractivity contribution in [1.29, 1.82) is 0 Å². The highest BCUT2D eigenvalue weighted by Crippen LogP contribution is 2.48. The van der Waals surface area contributed by atoms with Crippen LogP contribution in [0.3, 0.4) is 0 Å². The zero-order chi connectivity index (χ0) is 84.9. The molecule has 0 amide bonds. The topological polar surface area (TPSA) is 9.72 Å². The van der Waals surface area contributed by atoms with Gasteiger partial charge in [0.15, 0.2) is 0 Å². The number of fused-ring (bicyclic) bond motifs is 4. The average Bonchev–Trinajstić information content (AvgIpc) is 0.775. The van der Waals surface area contributed by atoms with Crippen molar-refractivity contribution in [3.63, 3.8) is 0 Å². The van der Waals surface area contributed by atoms with Crippen molar-refractivity contribution in [1.82, 2.24) is 0 Å². The van der Waals surface area contributed by atoms with Gasteiger partial charge in [-0.15, -0.1) is 0 Å². The Balaban J connectivity index is 0.000000121. The van der Waals surface area contributed by atoms with Crippen molar-refractivity contribution in [2.24, 2.45) is 0 Å². The highest BCUT2D eigenvalue weighted by molar-refractivity contribution is 6.08. The molecule has 0 N–H and O–H groups in total. The van der Waals surface area contributed by atoms with Crippen LogP contribution in [0.2, 0.25) is 0 Å².